The number of nitrogen functional groups attached to an aromatic ring is 1. The molecule has 23 heavy (non-hydrogen) atoms. The van der Waals surface area contributed by atoms with Gasteiger partial charge < -0.3 is 11.1 Å². The van der Waals surface area contributed by atoms with E-state index in [0.29, 0.717) is 22.1 Å². The molecule has 0 aliphatic heterocycles. The van der Waals surface area contributed by atoms with Gasteiger partial charge in [-0.15, -0.1) is 11.3 Å². The van der Waals surface area contributed by atoms with Gasteiger partial charge >= 0.3 is 0 Å². The van der Waals surface area contributed by atoms with Crippen molar-refractivity contribution in [3.05, 3.63) is 45.7 Å². The topological polar surface area (TPSA) is 50.9 Å². The first-order chi connectivity index (χ1) is 11.1. The summed E-state index contributed by atoms with van der Waals surface area (Å²) in [5.41, 5.74) is 7.63. The molecule has 1 atom stereocenters. The Balaban J connectivity index is 1.58. The molecule has 1 heterocycles. The molecule has 1 aromatic carbocycles. The zero-order valence-corrected chi connectivity index (χ0v) is 14.5. The zero-order valence-electron chi connectivity index (χ0n) is 12.9. The second-order valence-corrected chi connectivity index (χ2v) is 7.50. The van der Waals surface area contributed by atoms with E-state index in [9.17, 15) is 4.39 Å². The third-order valence-corrected chi connectivity index (χ3v) is 5.44. The van der Waals surface area contributed by atoms with Gasteiger partial charge in [-0.1, -0.05) is 18.0 Å². The third kappa shape index (κ3) is 4.66. The highest BCUT2D eigenvalue weighted by molar-refractivity contribution is 7.13. The Morgan fingerprint density at radius 3 is 2.83 bits per heavy atom. The number of thiazole rings is 1. The lowest BCUT2D eigenvalue weighted by Gasteiger charge is -2.34. The Kier molecular flexibility index (Phi) is 5.51. The van der Waals surface area contributed by atoms with Gasteiger partial charge in [-0.05, 0) is 55.4 Å². The second kappa shape index (κ2) is 7.60. The smallest absolute Gasteiger partial charge is 0.180 e. The monoisotopic (exact) mass is 353 g/mol. The average Bonchev–Trinajstić information content (AvgIpc) is 2.84. The van der Waals surface area contributed by atoms with E-state index in [0.717, 1.165) is 30.6 Å². The van der Waals surface area contributed by atoms with Crippen LogP contribution in [0, 0.1) is 11.7 Å². The summed E-state index contributed by atoms with van der Waals surface area (Å²) in [6, 6.07) is 5.20. The second-order valence-electron chi connectivity index (χ2n) is 6.17. The number of anilines is 1. The lowest BCUT2D eigenvalue weighted by atomic mass is 9.78. The number of nitrogens with zero attached hydrogens (tertiary/aromatic N) is 1. The van der Waals surface area contributed by atoms with Crippen LogP contribution < -0.4 is 11.1 Å². The number of benzene rings is 1. The molecule has 124 valence electrons. The predicted octanol–water partition coefficient (Wildman–Crippen LogP) is 4.41. The Labute approximate surface area is 145 Å². The highest BCUT2D eigenvalue weighted by Gasteiger charge is 2.26. The molecule has 2 aromatic rings. The molecule has 1 aliphatic rings. The Morgan fingerprint density at radius 2 is 2.22 bits per heavy atom. The first-order valence-electron chi connectivity index (χ1n) is 7.98. The number of aryl methyl sites for hydroxylation is 1. The number of halogens is 2. The number of nitrogens with one attached hydrogen (secondary N) is 1. The first-order valence-corrected chi connectivity index (χ1v) is 9.24. The van der Waals surface area contributed by atoms with Gasteiger partial charge in [0.25, 0.3) is 0 Å². The van der Waals surface area contributed by atoms with Gasteiger partial charge in [0.2, 0.25) is 0 Å². The minimum atomic E-state index is -0.265. The molecule has 3 N–H and O–H groups in total. The van der Waals surface area contributed by atoms with E-state index in [1.165, 1.54) is 36.7 Å². The summed E-state index contributed by atoms with van der Waals surface area (Å²) in [6.45, 7) is 0.735. The van der Waals surface area contributed by atoms with Crippen LogP contribution in [-0.2, 0) is 13.0 Å². The first kappa shape index (κ1) is 16.7. The van der Waals surface area contributed by atoms with Crippen LogP contribution in [0.1, 0.15) is 36.9 Å². The predicted molar refractivity (Wildman–Crippen MR) is 94.2 cm³/mol. The SMILES string of the molecule is Nc1nc(CNC(CCc2cc(F)cc(Cl)c2)C2CCC2)cs1. The summed E-state index contributed by atoms with van der Waals surface area (Å²) in [4.78, 5) is 4.29. The maximum Gasteiger partial charge on any atom is 0.180 e. The normalized spacial score (nSPS) is 16.3. The molecule has 1 aromatic heterocycles. The minimum Gasteiger partial charge on any atom is -0.375 e. The Morgan fingerprint density at radius 1 is 1.39 bits per heavy atom. The van der Waals surface area contributed by atoms with Crippen molar-refractivity contribution in [1.82, 2.24) is 10.3 Å². The molecule has 0 bridgehead atoms. The molecule has 3 nitrogen and oxygen atoms in total. The summed E-state index contributed by atoms with van der Waals surface area (Å²) in [6.07, 6.45) is 5.63. The number of hydrogen-bond donors (Lipinski definition) is 2. The molecule has 1 saturated carbocycles. The largest absolute Gasteiger partial charge is 0.375 e. The molecular weight excluding hydrogens is 333 g/mol. The molecule has 1 aliphatic carbocycles. The molecule has 0 saturated heterocycles. The molecule has 1 unspecified atom stereocenters. The van der Waals surface area contributed by atoms with E-state index in [-0.39, 0.29) is 5.82 Å². The number of rotatable bonds is 7. The standard InChI is InChI=1S/C17H21ClFN3S/c18-13-6-11(7-14(19)8-13)4-5-16(12-2-1-3-12)21-9-15-10-23-17(20)22-15/h6-8,10,12,16,21H,1-5,9H2,(H2,20,22). The molecule has 0 amide bonds. The zero-order chi connectivity index (χ0) is 16.2. The molecule has 1 fully saturated rings. The summed E-state index contributed by atoms with van der Waals surface area (Å²) < 4.78 is 13.4. The Hall–Kier alpha value is -1.17. The quantitative estimate of drug-likeness (QED) is 0.775. The van der Waals surface area contributed by atoms with Crippen LogP contribution >= 0.6 is 22.9 Å². The van der Waals surface area contributed by atoms with Gasteiger partial charge in [-0.3, -0.25) is 0 Å². The van der Waals surface area contributed by atoms with Crippen molar-refractivity contribution in [3.8, 4) is 0 Å². The molecular formula is C17H21ClFN3S. The maximum absolute atomic E-state index is 13.4. The van der Waals surface area contributed by atoms with Crippen LogP contribution in [0.5, 0.6) is 0 Å². The summed E-state index contributed by atoms with van der Waals surface area (Å²) in [5.74, 6) is 0.439. The van der Waals surface area contributed by atoms with E-state index < -0.39 is 0 Å². The van der Waals surface area contributed by atoms with E-state index in [2.05, 4.69) is 10.3 Å². The average molecular weight is 354 g/mol. The lowest BCUT2D eigenvalue weighted by Crippen LogP contribution is -2.39. The fourth-order valence-electron chi connectivity index (χ4n) is 3.06. The van der Waals surface area contributed by atoms with Crippen molar-refractivity contribution in [2.24, 2.45) is 5.92 Å². The van der Waals surface area contributed by atoms with E-state index in [4.69, 9.17) is 17.3 Å². The van der Waals surface area contributed by atoms with E-state index in [1.807, 2.05) is 11.4 Å². The van der Waals surface area contributed by atoms with Gasteiger partial charge in [0.05, 0.1) is 5.69 Å². The van der Waals surface area contributed by atoms with Crippen molar-refractivity contribution in [1.29, 1.82) is 0 Å². The maximum atomic E-state index is 13.4. The van der Waals surface area contributed by atoms with Gasteiger partial charge in [-0.25, -0.2) is 9.37 Å². The van der Waals surface area contributed by atoms with Gasteiger partial charge in [0, 0.05) is 23.0 Å². The third-order valence-electron chi connectivity index (χ3n) is 4.50. The van der Waals surface area contributed by atoms with E-state index in [1.54, 1.807) is 6.07 Å². The Bertz CT molecular complexity index is 637. The van der Waals surface area contributed by atoms with Gasteiger partial charge in [-0.2, -0.15) is 0 Å². The van der Waals surface area contributed by atoms with Crippen LogP contribution in [0.3, 0.4) is 0 Å². The van der Waals surface area contributed by atoms with Gasteiger partial charge in [0.1, 0.15) is 5.82 Å². The number of hydrogen-bond acceptors (Lipinski definition) is 4. The molecule has 0 spiro atoms. The highest BCUT2D eigenvalue weighted by Crippen LogP contribution is 2.32. The van der Waals surface area contributed by atoms with Crippen LogP contribution in [0.2, 0.25) is 5.02 Å². The van der Waals surface area contributed by atoms with Crippen molar-refractivity contribution >= 4 is 28.1 Å². The molecule has 0 radical (unpaired) electrons. The van der Waals surface area contributed by atoms with Crippen LogP contribution in [0.25, 0.3) is 0 Å². The van der Waals surface area contributed by atoms with Crippen molar-refractivity contribution < 1.29 is 4.39 Å². The number of aromatic nitrogens is 1. The van der Waals surface area contributed by atoms with Crippen LogP contribution in [0.15, 0.2) is 23.6 Å². The fraction of sp³-hybridized carbons (Fsp3) is 0.471. The summed E-state index contributed by atoms with van der Waals surface area (Å²) >= 11 is 7.40. The molecule has 3 rings (SSSR count). The fourth-order valence-corrected chi connectivity index (χ4v) is 3.87. The van der Waals surface area contributed by atoms with E-state index >= 15 is 0 Å². The van der Waals surface area contributed by atoms with Crippen LogP contribution in [-0.4, -0.2) is 11.0 Å². The highest BCUT2D eigenvalue weighted by atomic mass is 35.5. The lowest BCUT2D eigenvalue weighted by molar-refractivity contribution is 0.218. The van der Waals surface area contributed by atoms with Crippen molar-refractivity contribution in [3.63, 3.8) is 0 Å². The van der Waals surface area contributed by atoms with Crippen LogP contribution in [0.4, 0.5) is 9.52 Å². The number of nitrogens with two attached hydrogens (primary N) is 1. The summed E-state index contributed by atoms with van der Waals surface area (Å²) in [5, 5.41) is 6.68. The van der Waals surface area contributed by atoms with Crippen molar-refractivity contribution in [2.75, 3.05) is 5.73 Å². The van der Waals surface area contributed by atoms with Gasteiger partial charge in [0.15, 0.2) is 5.13 Å². The molecule has 6 heteroatoms. The summed E-state index contributed by atoms with van der Waals surface area (Å²) in [7, 11) is 0. The minimum absolute atomic E-state index is 0.265. The van der Waals surface area contributed by atoms with Crippen molar-refractivity contribution in [2.45, 2.75) is 44.7 Å².